The topological polar surface area (TPSA) is 83.1 Å². The van der Waals surface area contributed by atoms with Gasteiger partial charge in [-0.15, -0.1) is 0 Å². The molecule has 1 saturated carbocycles. The number of carboxylic acids is 1. The first-order valence-electron chi connectivity index (χ1n) is 6.05. The number of hydrogen-bond donors (Lipinski definition) is 1. The third-order valence-electron chi connectivity index (χ3n) is 3.40. The van der Waals surface area contributed by atoms with E-state index >= 15 is 0 Å². The normalized spacial score (nSPS) is 14.2. The molecule has 3 rings (SSSR count). The van der Waals surface area contributed by atoms with Gasteiger partial charge in [-0.3, -0.25) is 4.79 Å². The number of benzene rings is 1. The molecule has 0 radical (unpaired) electrons. The predicted molar refractivity (Wildman–Crippen MR) is 68.1 cm³/mol. The molecule has 20 heavy (non-hydrogen) atoms. The van der Waals surface area contributed by atoms with E-state index in [1.165, 1.54) is 12.1 Å². The van der Waals surface area contributed by atoms with Crippen molar-refractivity contribution in [3.63, 3.8) is 0 Å². The largest absolute Gasteiger partial charge is 0.477 e. The van der Waals surface area contributed by atoms with Gasteiger partial charge in [0.1, 0.15) is 23.1 Å². The lowest BCUT2D eigenvalue weighted by Crippen LogP contribution is -2.23. The number of rotatable bonds is 2. The van der Waals surface area contributed by atoms with Gasteiger partial charge in [-0.2, -0.15) is 5.26 Å². The number of hydrogen-bond acceptors (Lipinski definition) is 3. The Labute approximate surface area is 112 Å². The van der Waals surface area contributed by atoms with Crippen LogP contribution in [0.3, 0.4) is 0 Å². The highest BCUT2D eigenvalue weighted by Gasteiger charge is 2.31. The highest BCUT2D eigenvalue weighted by molar-refractivity contribution is 5.95. The average Bonchev–Trinajstić information content (AvgIpc) is 3.22. The Morgan fingerprint density at radius 1 is 1.45 bits per heavy atom. The van der Waals surface area contributed by atoms with Crippen molar-refractivity contribution in [1.82, 2.24) is 4.57 Å². The van der Waals surface area contributed by atoms with Gasteiger partial charge in [0.2, 0.25) is 5.43 Å². The summed E-state index contributed by atoms with van der Waals surface area (Å²) in [5, 5.41) is 18.4. The fraction of sp³-hybridized carbons (Fsp3) is 0.214. The maximum atomic E-state index is 13.3. The van der Waals surface area contributed by atoms with Crippen molar-refractivity contribution >= 4 is 16.9 Å². The van der Waals surface area contributed by atoms with Crippen molar-refractivity contribution in [2.45, 2.75) is 18.9 Å². The molecule has 0 unspecified atom stereocenters. The molecule has 1 aliphatic carbocycles. The molecule has 0 saturated heterocycles. The lowest BCUT2D eigenvalue weighted by molar-refractivity contribution is 0.0694. The van der Waals surface area contributed by atoms with Crippen molar-refractivity contribution in [1.29, 1.82) is 5.26 Å². The van der Waals surface area contributed by atoms with E-state index in [9.17, 15) is 24.3 Å². The van der Waals surface area contributed by atoms with Crippen LogP contribution in [0.2, 0.25) is 0 Å². The first kappa shape index (κ1) is 12.4. The van der Waals surface area contributed by atoms with Crippen LogP contribution in [0, 0.1) is 17.1 Å². The maximum Gasteiger partial charge on any atom is 0.342 e. The molecule has 1 fully saturated rings. The Morgan fingerprint density at radius 3 is 2.70 bits per heavy atom. The molecule has 100 valence electrons. The third-order valence-corrected chi connectivity index (χ3v) is 3.40. The number of aromatic carboxylic acids is 1. The first-order valence-corrected chi connectivity index (χ1v) is 6.05. The van der Waals surface area contributed by atoms with Gasteiger partial charge in [-0.05, 0) is 31.0 Å². The molecule has 1 aliphatic rings. The number of nitrogens with zero attached hydrogens (tertiary/aromatic N) is 2. The Hall–Kier alpha value is -2.68. The molecule has 0 bridgehead atoms. The molecule has 1 aromatic carbocycles. The molecule has 5 nitrogen and oxygen atoms in total. The van der Waals surface area contributed by atoms with Gasteiger partial charge >= 0.3 is 5.97 Å². The van der Waals surface area contributed by atoms with Crippen molar-refractivity contribution < 1.29 is 14.3 Å². The zero-order valence-electron chi connectivity index (χ0n) is 10.3. The van der Waals surface area contributed by atoms with Crippen LogP contribution in [0.1, 0.15) is 34.9 Å². The zero-order valence-corrected chi connectivity index (χ0v) is 10.3. The van der Waals surface area contributed by atoms with Crippen LogP contribution >= 0.6 is 0 Å². The van der Waals surface area contributed by atoms with Crippen LogP contribution in [-0.4, -0.2) is 15.6 Å². The van der Waals surface area contributed by atoms with E-state index in [0.717, 1.165) is 18.9 Å². The van der Waals surface area contributed by atoms with E-state index in [1.807, 2.05) is 0 Å². The Morgan fingerprint density at radius 2 is 2.15 bits per heavy atom. The first-order chi connectivity index (χ1) is 9.54. The quantitative estimate of drug-likeness (QED) is 0.906. The van der Waals surface area contributed by atoms with Gasteiger partial charge in [0, 0.05) is 11.4 Å². The number of carbonyl (C=O) groups is 1. The predicted octanol–water partition coefficient (Wildman–Crippen LogP) is 2.05. The minimum atomic E-state index is -1.47. The summed E-state index contributed by atoms with van der Waals surface area (Å²) in [4.78, 5) is 23.5. The van der Waals surface area contributed by atoms with E-state index in [1.54, 1.807) is 10.6 Å². The fourth-order valence-corrected chi connectivity index (χ4v) is 2.40. The highest BCUT2D eigenvalue weighted by atomic mass is 19.1. The highest BCUT2D eigenvalue weighted by Crippen LogP contribution is 2.38. The molecule has 0 spiro atoms. The summed E-state index contributed by atoms with van der Waals surface area (Å²) in [7, 11) is 0. The fourth-order valence-electron chi connectivity index (χ4n) is 2.40. The monoisotopic (exact) mass is 272 g/mol. The van der Waals surface area contributed by atoms with Crippen LogP contribution in [0.4, 0.5) is 4.39 Å². The van der Waals surface area contributed by atoms with Crippen LogP contribution in [0.15, 0.2) is 23.0 Å². The molecule has 6 heteroatoms. The number of fused-ring (bicyclic) bond motifs is 1. The van der Waals surface area contributed by atoms with E-state index in [4.69, 9.17) is 0 Å². The summed E-state index contributed by atoms with van der Waals surface area (Å²) in [5.41, 5.74) is -1.16. The summed E-state index contributed by atoms with van der Waals surface area (Å²) < 4.78 is 14.9. The maximum absolute atomic E-state index is 13.3. The summed E-state index contributed by atoms with van der Waals surface area (Å²) in [6.07, 6.45) is 1.62. The number of nitriles is 1. The summed E-state index contributed by atoms with van der Waals surface area (Å²) in [5.74, 6) is -2.08. The van der Waals surface area contributed by atoms with E-state index in [0.29, 0.717) is 5.52 Å². The second-order valence-corrected chi connectivity index (χ2v) is 4.73. The molecule has 0 atom stereocenters. The van der Waals surface area contributed by atoms with E-state index < -0.39 is 22.8 Å². The number of halogens is 1. The minimum Gasteiger partial charge on any atom is -0.477 e. The number of aromatic nitrogens is 1. The molecule has 0 aliphatic heterocycles. The molecule has 1 aromatic heterocycles. The minimum absolute atomic E-state index is 0.00342. The summed E-state index contributed by atoms with van der Waals surface area (Å²) in [6, 6.07) is 5.43. The second-order valence-electron chi connectivity index (χ2n) is 4.73. The summed E-state index contributed by atoms with van der Waals surface area (Å²) >= 11 is 0. The van der Waals surface area contributed by atoms with Gasteiger partial charge in [-0.25, -0.2) is 9.18 Å². The summed E-state index contributed by atoms with van der Waals surface area (Å²) in [6.45, 7) is 0. The van der Waals surface area contributed by atoms with Crippen molar-refractivity contribution in [2.24, 2.45) is 0 Å². The van der Waals surface area contributed by atoms with E-state index in [-0.39, 0.29) is 17.1 Å². The molecule has 1 heterocycles. The molecule has 2 aromatic rings. The molecular formula is C14H9FN2O3. The number of carboxylic acid groups (broad SMARTS) is 1. The zero-order chi connectivity index (χ0) is 14.4. The second kappa shape index (κ2) is 4.17. The smallest absolute Gasteiger partial charge is 0.342 e. The van der Waals surface area contributed by atoms with Crippen LogP contribution in [0.25, 0.3) is 10.9 Å². The lowest BCUT2D eigenvalue weighted by Gasteiger charge is -2.14. The van der Waals surface area contributed by atoms with Gasteiger partial charge in [0.05, 0.1) is 5.52 Å². The van der Waals surface area contributed by atoms with Gasteiger partial charge < -0.3 is 9.67 Å². The Kier molecular flexibility index (Phi) is 2.57. The average molecular weight is 272 g/mol. The Bertz CT molecular complexity index is 844. The van der Waals surface area contributed by atoms with Crippen molar-refractivity contribution in [2.75, 3.05) is 0 Å². The molecular weight excluding hydrogens is 263 g/mol. The molecule has 1 N–H and O–H groups in total. The van der Waals surface area contributed by atoms with Gasteiger partial charge in [-0.1, -0.05) is 0 Å². The van der Waals surface area contributed by atoms with Gasteiger partial charge in [0.25, 0.3) is 0 Å². The van der Waals surface area contributed by atoms with Gasteiger partial charge in [0.15, 0.2) is 0 Å². The molecule has 0 amide bonds. The Balaban J connectivity index is 2.56. The van der Waals surface area contributed by atoms with Crippen LogP contribution < -0.4 is 5.43 Å². The van der Waals surface area contributed by atoms with Crippen LogP contribution in [0.5, 0.6) is 0 Å². The standard InChI is InChI=1S/C14H9FN2O3/c15-7-1-4-10-9(5-7)13(18)12(14(19)20)11(6-16)17(10)8-2-3-8/h1,4-5,8H,2-3H2,(H,19,20). The number of pyridine rings is 1. The van der Waals surface area contributed by atoms with Crippen LogP contribution in [-0.2, 0) is 0 Å². The SMILES string of the molecule is N#Cc1c(C(=O)O)c(=O)c2cc(F)ccc2n1C1CC1. The van der Waals surface area contributed by atoms with Crippen molar-refractivity contribution in [3.05, 3.63) is 45.5 Å². The third kappa shape index (κ3) is 1.67. The van der Waals surface area contributed by atoms with E-state index in [2.05, 4.69) is 0 Å². The van der Waals surface area contributed by atoms with Crippen molar-refractivity contribution in [3.8, 4) is 6.07 Å². The lowest BCUT2D eigenvalue weighted by atomic mass is 10.1.